The van der Waals surface area contributed by atoms with Crippen LogP contribution in [-0.2, 0) is 18.6 Å². The van der Waals surface area contributed by atoms with Crippen molar-refractivity contribution < 1.29 is 22.4 Å². The van der Waals surface area contributed by atoms with E-state index in [1.54, 1.807) is 11.6 Å². The van der Waals surface area contributed by atoms with Crippen LogP contribution in [0.25, 0.3) is 0 Å². The van der Waals surface area contributed by atoms with Crippen LogP contribution in [0.2, 0.25) is 0 Å². The van der Waals surface area contributed by atoms with Gasteiger partial charge in [0.15, 0.2) is 4.80 Å². The number of alkyl halides is 3. The summed E-state index contributed by atoms with van der Waals surface area (Å²) in [5.74, 6) is -2.64. The van der Waals surface area contributed by atoms with Gasteiger partial charge in [-0.15, -0.1) is 11.3 Å². The topological polar surface area (TPSA) is 34.4 Å². The number of hydrogen-bond donors (Lipinski definition) is 0. The average Bonchev–Trinajstić information content (AvgIpc) is 2.74. The van der Waals surface area contributed by atoms with Gasteiger partial charge in [0.2, 0.25) is 0 Å². The Bertz CT molecular complexity index is 886. The van der Waals surface area contributed by atoms with Gasteiger partial charge in [-0.2, -0.15) is 18.2 Å². The molecule has 0 radical (unpaired) electrons. The molecule has 0 fully saturated rings. The zero-order valence-electron chi connectivity index (χ0n) is 14.5. The SMILES string of the molecule is Cc1c(C(C)(C)C)s/c(=N\C(=O)c2cccc(C(F)(F)F)c2F)n1C. The summed E-state index contributed by atoms with van der Waals surface area (Å²) in [4.78, 5) is 17.4. The molecule has 0 unspecified atom stereocenters. The van der Waals surface area contributed by atoms with Gasteiger partial charge >= 0.3 is 6.18 Å². The van der Waals surface area contributed by atoms with Crippen molar-refractivity contribution >= 4 is 17.2 Å². The fourth-order valence-electron chi connectivity index (χ4n) is 2.39. The van der Waals surface area contributed by atoms with E-state index in [0.29, 0.717) is 10.9 Å². The quantitative estimate of drug-likeness (QED) is 0.672. The highest BCUT2D eigenvalue weighted by Crippen LogP contribution is 2.32. The lowest BCUT2D eigenvalue weighted by molar-refractivity contribution is -0.140. The largest absolute Gasteiger partial charge is 0.419 e. The minimum Gasteiger partial charge on any atom is -0.324 e. The normalized spacial score (nSPS) is 13.4. The maximum absolute atomic E-state index is 14.1. The molecule has 1 amide bonds. The van der Waals surface area contributed by atoms with Crippen LogP contribution in [0.15, 0.2) is 23.2 Å². The molecule has 25 heavy (non-hydrogen) atoms. The first kappa shape index (κ1) is 19.4. The van der Waals surface area contributed by atoms with E-state index in [9.17, 15) is 22.4 Å². The summed E-state index contributed by atoms with van der Waals surface area (Å²) in [6, 6.07) is 2.59. The van der Waals surface area contributed by atoms with E-state index in [2.05, 4.69) is 4.99 Å². The van der Waals surface area contributed by atoms with E-state index < -0.39 is 29.0 Å². The molecular formula is C17H18F4N2OS. The summed E-state index contributed by atoms with van der Waals surface area (Å²) < 4.78 is 54.1. The number of nitrogens with zero attached hydrogens (tertiary/aromatic N) is 2. The van der Waals surface area contributed by atoms with Gasteiger partial charge in [0.05, 0.1) is 11.1 Å². The second-order valence-corrected chi connectivity index (χ2v) is 7.67. The van der Waals surface area contributed by atoms with Crippen molar-refractivity contribution in [3.05, 3.63) is 50.5 Å². The molecule has 1 aromatic carbocycles. The maximum atomic E-state index is 14.1. The van der Waals surface area contributed by atoms with Crippen LogP contribution in [0.5, 0.6) is 0 Å². The predicted octanol–water partition coefficient (Wildman–Crippen LogP) is 4.59. The zero-order valence-corrected chi connectivity index (χ0v) is 15.3. The summed E-state index contributed by atoms with van der Waals surface area (Å²) >= 11 is 1.26. The van der Waals surface area contributed by atoms with E-state index in [4.69, 9.17) is 0 Å². The molecule has 3 nitrogen and oxygen atoms in total. The van der Waals surface area contributed by atoms with Crippen LogP contribution in [0.4, 0.5) is 17.6 Å². The molecule has 0 bridgehead atoms. The number of thiazole rings is 1. The lowest BCUT2D eigenvalue weighted by atomic mass is 9.93. The highest BCUT2D eigenvalue weighted by molar-refractivity contribution is 7.09. The number of halogens is 4. The third kappa shape index (κ3) is 3.84. The summed E-state index contributed by atoms with van der Waals surface area (Å²) in [5.41, 5.74) is -1.45. The molecule has 2 aromatic rings. The Labute approximate surface area is 146 Å². The minimum atomic E-state index is -4.87. The zero-order chi connectivity index (χ0) is 19.2. The third-order valence-electron chi connectivity index (χ3n) is 3.72. The van der Waals surface area contributed by atoms with Gasteiger partial charge in [0, 0.05) is 17.6 Å². The first-order chi connectivity index (χ1) is 11.3. The summed E-state index contributed by atoms with van der Waals surface area (Å²) in [5, 5.41) is 0. The molecule has 0 N–H and O–H groups in total. The summed E-state index contributed by atoms with van der Waals surface area (Å²) in [7, 11) is 1.70. The Kier molecular flexibility index (Phi) is 4.96. The highest BCUT2D eigenvalue weighted by atomic mass is 32.1. The Morgan fingerprint density at radius 1 is 1.20 bits per heavy atom. The number of benzene rings is 1. The molecule has 0 saturated carbocycles. The van der Waals surface area contributed by atoms with Gasteiger partial charge in [-0.05, 0) is 24.5 Å². The van der Waals surface area contributed by atoms with Crippen molar-refractivity contribution in [1.82, 2.24) is 4.57 Å². The van der Waals surface area contributed by atoms with Crippen LogP contribution >= 0.6 is 11.3 Å². The van der Waals surface area contributed by atoms with Crippen molar-refractivity contribution in [2.75, 3.05) is 0 Å². The van der Waals surface area contributed by atoms with Crippen LogP contribution < -0.4 is 4.80 Å². The average molecular weight is 374 g/mol. The smallest absolute Gasteiger partial charge is 0.324 e. The predicted molar refractivity (Wildman–Crippen MR) is 88.0 cm³/mol. The Morgan fingerprint density at radius 2 is 1.80 bits per heavy atom. The molecule has 136 valence electrons. The number of hydrogen-bond acceptors (Lipinski definition) is 2. The Morgan fingerprint density at radius 3 is 2.28 bits per heavy atom. The van der Waals surface area contributed by atoms with E-state index in [1.165, 1.54) is 11.3 Å². The molecule has 0 spiro atoms. The van der Waals surface area contributed by atoms with E-state index in [-0.39, 0.29) is 5.41 Å². The maximum Gasteiger partial charge on any atom is 0.419 e. The van der Waals surface area contributed by atoms with Crippen LogP contribution in [-0.4, -0.2) is 10.5 Å². The van der Waals surface area contributed by atoms with Crippen molar-refractivity contribution in [3.8, 4) is 0 Å². The third-order valence-corrected chi connectivity index (χ3v) is 5.38. The monoisotopic (exact) mass is 374 g/mol. The molecular weight excluding hydrogens is 356 g/mol. The molecule has 0 saturated heterocycles. The molecule has 0 atom stereocenters. The number of carbonyl (C=O) groups is 1. The van der Waals surface area contributed by atoms with Gasteiger partial charge in [-0.25, -0.2) is 4.39 Å². The molecule has 2 rings (SSSR count). The standard InChI is InChI=1S/C17H18F4N2OS/c1-9-13(16(2,3)4)25-15(23(9)5)22-14(24)10-7-6-8-11(12(10)18)17(19,20)21/h6-8H,1-5H3/b22-15-. The van der Waals surface area contributed by atoms with Gasteiger partial charge in [-0.3, -0.25) is 4.79 Å². The van der Waals surface area contributed by atoms with E-state index in [1.807, 2.05) is 27.7 Å². The second-order valence-electron chi connectivity index (χ2n) is 6.69. The van der Waals surface area contributed by atoms with Gasteiger partial charge in [0.1, 0.15) is 5.82 Å². The first-order valence-electron chi connectivity index (χ1n) is 7.45. The lowest BCUT2D eigenvalue weighted by Gasteiger charge is -2.17. The van der Waals surface area contributed by atoms with Crippen molar-refractivity contribution in [2.45, 2.75) is 39.3 Å². The van der Waals surface area contributed by atoms with E-state index in [0.717, 1.165) is 22.7 Å². The molecule has 1 heterocycles. The van der Waals surface area contributed by atoms with Crippen LogP contribution in [0.1, 0.15) is 47.3 Å². The molecule has 0 aliphatic carbocycles. The number of rotatable bonds is 1. The van der Waals surface area contributed by atoms with Gasteiger partial charge < -0.3 is 4.57 Å². The Hall–Kier alpha value is -1.96. The fourth-order valence-corrected chi connectivity index (χ4v) is 3.56. The summed E-state index contributed by atoms with van der Waals surface area (Å²) in [6.07, 6.45) is -4.87. The second kappa shape index (κ2) is 6.40. The van der Waals surface area contributed by atoms with Crippen LogP contribution in [0.3, 0.4) is 0 Å². The van der Waals surface area contributed by atoms with Crippen molar-refractivity contribution in [3.63, 3.8) is 0 Å². The molecule has 0 aliphatic heterocycles. The fraction of sp³-hybridized carbons (Fsp3) is 0.412. The Balaban J connectivity index is 2.57. The van der Waals surface area contributed by atoms with E-state index >= 15 is 0 Å². The number of amides is 1. The van der Waals surface area contributed by atoms with Crippen LogP contribution in [0, 0.1) is 12.7 Å². The van der Waals surface area contributed by atoms with Crippen molar-refractivity contribution in [1.29, 1.82) is 0 Å². The first-order valence-corrected chi connectivity index (χ1v) is 8.27. The highest BCUT2D eigenvalue weighted by Gasteiger charge is 2.35. The molecule has 1 aromatic heterocycles. The number of carbonyl (C=O) groups excluding carboxylic acids is 1. The molecule has 0 aliphatic rings. The van der Waals surface area contributed by atoms with Gasteiger partial charge in [0.25, 0.3) is 5.91 Å². The van der Waals surface area contributed by atoms with Crippen molar-refractivity contribution in [2.24, 2.45) is 12.0 Å². The lowest BCUT2D eigenvalue weighted by Crippen LogP contribution is -2.16. The summed E-state index contributed by atoms with van der Waals surface area (Å²) in [6.45, 7) is 7.88. The molecule has 8 heteroatoms. The number of aromatic nitrogens is 1. The minimum absolute atomic E-state index is 0.176. The van der Waals surface area contributed by atoms with Gasteiger partial charge in [-0.1, -0.05) is 26.8 Å².